The second kappa shape index (κ2) is 38.6. The molecule has 0 aromatic carbocycles. The number of carbonyl (C=O) groups excluding carboxylic acids is 1. The summed E-state index contributed by atoms with van der Waals surface area (Å²) in [5.41, 5.74) is 0. The number of rotatable bonds is 36. The van der Waals surface area contributed by atoms with Gasteiger partial charge in [-0.25, -0.2) is 0 Å². The summed E-state index contributed by atoms with van der Waals surface area (Å²) in [7, 11) is 3.76. The fourth-order valence-corrected chi connectivity index (χ4v) is 6.21. The molecule has 266 valence electrons. The quantitative estimate of drug-likeness (QED) is 0.0512. The van der Waals surface area contributed by atoms with Gasteiger partial charge in [0.15, 0.2) is 0 Å². The van der Waals surface area contributed by atoms with Crippen LogP contribution in [0.25, 0.3) is 0 Å². The first-order chi connectivity index (χ1) is 21.2. The van der Waals surface area contributed by atoms with Crippen molar-refractivity contribution in [3.8, 4) is 0 Å². The number of carbonyl (C=O) groups is 1. The fourth-order valence-electron chi connectivity index (χ4n) is 6.21. The zero-order chi connectivity index (χ0) is 31.5. The molecule has 4 heteroatoms. The lowest BCUT2D eigenvalue weighted by molar-refractivity contribution is -0.143. The number of unbranched alkanes of at least 4 members (excludes halogenated alkanes) is 22. The van der Waals surface area contributed by atoms with Crippen molar-refractivity contribution in [3.63, 3.8) is 0 Å². The highest BCUT2D eigenvalue weighted by molar-refractivity contribution is 5.69. The molecule has 0 saturated carbocycles. The number of hydrogen-bond donors (Lipinski definition) is 0. The Balaban J connectivity index is 0. The van der Waals surface area contributed by atoms with Crippen molar-refractivity contribution in [2.75, 3.05) is 20.8 Å². The average molecular weight is 627 g/mol. The summed E-state index contributed by atoms with van der Waals surface area (Å²) in [5.74, 6) is 0.00991. The molecule has 4 nitrogen and oxygen atoms in total. The van der Waals surface area contributed by atoms with Gasteiger partial charge in [0.1, 0.15) is 0 Å². The molecule has 0 aromatic rings. The van der Waals surface area contributed by atoms with Gasteiger partial charge in [0.2, 0.25) is 0 Å². The fraction of sp³-hybridized carbons (Fsp3) is 0.975. The molecule has 0 amide bonds. The molecule has 2 atom stereocenters. The van der Waals surface area contributed by atoms with Crippen LogP contribution in [0.2, 0.25) is 0 Å². The lowest BCUT2D eigenvalue weighted by Crippen LogP contribution is -2.10. The third-order valence-electron chi connectivity index (χ3n) is 9.27. The Morgan fingerprint density at radius 2 is 0.727 bits per heavy atom. The van der Waals surface area contributed by atoms with Crippen LogP contribution in [0.1, 0.15) is 220 Å². The Labute approximate surface area is 277 Å². The zero-order valence-electron chi connectivity index (χ0n) is 29.9. The van der Waals surface area contributed by atoms with Crippen LogP contribution in [-0.2, 0) is 19.0 Å². The highest BCUT2D eigenvalue weighted by atomic mass is 16.5. The number of esters is 1. The monoisotopic (exact) mass is 627 g/mol. The molecule has 0 aliphatic heterocycles. The van der Waals surface area contributed by atoms with Crippen LogP contribution < -0.4 is 0 Å². The molecule has 0 aliphatic rings. The molecule has 44 heavy (non-hydrogen) atoms. The summed E-state index contributed by atoms with van der Waals surface area (Å²) >= 11 is 0. The van der Waals surface area contributed by atoms with Crippen LogP contribution >= 0.6 is 0 Å². The zero-order valence-corrected chi connectivity index (χ0v) is 29.9. The predicted octanol–water partition coefficient (Wildman–Crippen LogP) is 13.3. The maximum atomic E-state index is 12.0. The molecule has 0 saturated heterocycles. The first-order valence-corrected chi connectivity index (χ1v) is 19.4. The van der Waals surface area contributed by atoms with Crippen LogP contribution in [0.4, 0.5) is 0 Å². The van der Waals surface area contributed by atoms with Crippen LogP contribution in [0.15, 0.2) is 0 Å². The molecule has 0 aliphatic carbocycles. The molecule has 2 unspecified atom stereocenters. The Bertz CT molecular complexity index is 537. The number of methoxy groups -OCH3 is 2. The molecule has 0 spiro atoms. The summed E-state index contributed by atoms with van der Waals surface area (Å²) in [6.07, 6.45) is 40.1. The van der Waals surface area contributed by atoms with E-state index in [0.717, 1.165) is 19.3 Å². The lowest BCUT2D eigenvalue weighted by atomic mass is 10.0. The number of ether oxygens (including phenoxy) is 3. The van der Waals surface area contributed by atoms with Gasteiger partial charge in [-0.05, 0) is 38.5 Å². The topological polar surface area (TPSA) is 44.8 Å². The van der Waals surface area contributed by atoms with Gasteiger partial charge < -0.3 is 14.2 Å². The van der Waals surface area contributed by atoms with Gasteiger partial charge in [-0.1, -0.05) is 175 Å². The largest absolute Gasteiger partial charge is 0.466 e. The maximum Gasteiger partial charge on any atom is 0.305 e. The summed E-state index contributed by atoms with van der Waals surface area (Å²) in [6.45, 7) is 5.15. The van der Waals surface area contributed by atoms with E-state index in [-0.39, 0.29) is 13.4 Å². The van der Waals surface area contributed by atoms with Gasteiger partial charge in [0, 0.05) is 20.6 Å². The molecule has 0 rings (SSSR count). The van der Waals surface area contributed by atoms with E-state index in [2.05, 4.69) is 13.8 Å². The van der Waals surface area contributed by atoms with Gasteiger partial charge in [-0.15, -0.1) is 0 Å². The van der Waals surface area contributed by atoms with Crippen LogP contribution in [0.3, 0.4) is 0 Å². The molecule has 0 radical (unpaired) electrons. The van der Waals surface area contributed by atoms with E-state index in [1.165, 1.54) is 173 Å². The van der Waals surface area contributed by atoms with Crippen molar-refractivity contribution < 1.29 is 19.0 Å². The Hall–Kier alpha value is -0.610. The van der Waals surface area contributed by atoms with E-state index >= 15 is 0 Å². The maximum absolute atomic E-state index is 12.0. The first kappa shape index (κ1) is 45.5. The van der Waals surface area contributed by atoms with E-state index in [4.69, 9.17) is 14.2 Å². The van der Waals surface area contributed by atoms with Crippen molar-refractivity contribution in [1.82, 2.24) is 0 Å². The number of hydrogen-bond acceptors (Lipinski definition) is 4. The van der Waals surface area contributed by atoms with Crippen LogP contribution in [0.5, 0.6) is 0 Å². The van der Waals surface area contributed by atoms with E-state index in [0.29, 0.717) is 25.2 Å². The molecule has 0 aromatic heterocycles. The Morgan fingerprint density at radius 1 is 0.432 bits per heavy atom. The second-order valence-electron chi connectivity index (χ2n) is 13.3. The van der Waals surface area contributed by atoms with Gasteiger partial charge >= 0.3 is 5.97 Å². The van der Waals surface area contributed by atoms with Gasteiger partial charge in [-0.3, -0.25) is 4.79 Å². The summed E-state index contributed by atoms with van der Waals surface area (Å²) in [6, 6.07) is 0. The predicted molar refractivity (Wildman–Crippen MR) is 194 cm³/mol. The highest BCUT2D eigenvalue weighted by Crippen LogP contribution is 2.18. The van der Waals surface area contributed by atoms with Crippen molar-refractivity contribution in [2.24, 2.45) is 0 Å². The van der Waals surface area contributed by atoms with Crippen molar-refractivity contribution in [1.29, 1.82) is 0 Å². The normalized spacial score (nSPS) is 12.6. The van der Waals surface area contributed by atoms with E-state index in [9.17, 15) is 4.79 Å². The Morgan fingerprint density at radius 3 is 1.07 bits per heavy atom. The smallest absolute Gasteiger partial charge is 0.305 e. The molecule has 0 N–H and O–H groups in total. The molecular formula is C40H82O4. The standard InChI is InChI=1S/C39H78O4.CH4/c1-5-7-9-25-31-37(41-3)33-27-21-17-13-11-12-16-20-24-30-36-43-39(40)35-29-23-19-15-14-18-22-28-34-38(42-4)32-26-10-8-6-2;/h37-38H,5-36H2,1-4H3;1H4. The van der Waals surface area contributed by atoms with Crippen LogP contribution in [0, 0.1) is 0 Å². The SMILES string of the molecule is C.CCCCCCC(CCCCCCCCCCCCOC(=O)CCCCCCCCCCC(CCCCCC)OC)OC. The van der Waals surface area contributed by atoms with Gasteiger partial charge in [-0.2, -0.15) is 0 Å². The summed E-state index contributed by atoms with van der Waals surface area (Å²) in [4.78, 5) is 12.0. The first-order valence-electron chi connectivity index (χ1n) is 19.4. The molecular weight excluding hydrogens is 544 g/mol. The van der Waals surface area contributed by atoms with E-state index in [1.807, 2.05) is 14.2 Å². The van der Waals surface area contributed by atoms with Gasteiger partial charge in [0.25, 0.3) is 0 Å². The second-order valence-corrected chi connectivity index (χ2v) is 13.3. The minimum absolute atomic E-state index is 0. The summed E-state index contributed by atoms with van der Waals surface area (Å²) in [5, 5.41) is 0. The van der Waals surface area contributed by atoms with Crippen molar-refractivity contribution >= 4 is 5.97 Å². The minimum Gasteiger partial charge on any atom is -0.466 e. The highest BCUT2D eigenvalue weighted by Gasteiger charge is 2.08. The molecule has 0 fully saturated rings. The van der Waals surface area contributed by atoms with E-state index < -0.39 is 0 Å². The minimum atomic E-state index is 0. The van der Waals surface area contributed by atoms with E-state index in [1.54, 1.807) is 0 Å². The Kier molecular flexibility index (Phi) is 39.9. The summed E-state index contributed by atoms with van der Waals surface area (Å²) < 4.78 is 16.8. The lowest BCUT2D eigenvalue weighted by Gasteiger charge is -2.15. The van der Waals surface area contributed by atoms with Crippen molar-refractivity contribution in [2.45, 2.75) is 233 Å². The molecule has 0 heterocycles. The molecule has 0 bridgehead atoms. The van der Waals surface area contributed by atoms with Crippen LogP contribution in [-0.4, -0.2) is 39.0 Å². The van der Waals surface area contributed by atoms with Gasteiger partial charge in [0.05, 0.1) is 18.8 Å². The van der Waals surface area contributed by atoms with Crippen molar-refractivity contribution in [3.05, 3.63) is 0 Å². The third-order valence-corrected chi connectivity index (χ3v) is 9.27. The third kappa shape index (κ3) is 34.3. The average Bonchev–Trinajstić information content (AvgIpc) is 3.02.